The van der Waals surface area contributed by atoms with Crippen LogP contribution >= 0.6 is 0 Å². The predicted octanol–water partition coefficient (Wildman–Crippen LogP) is -0.498. The van der Waals surface area contributed by atoms with Gasteiger partial charge in [-0.15, -0.1) is 0 Å². The van der Waals surface area contributed by atoms with E-state index >= 15 is 0 Å². The summed E-state index contributed by atoms with van der Waals surface area (Å²) in [6.07, 6.45) is 5.44. The first-order valence-electron chi connectivity index (χ1n) is 6.32. The fraction of sp³-hybridized carbons (Fsp3) is 0.583. The molecule has 1 amide bonds. The Balaban J connectivity index is 1.62. The number of aromatic nitrogens is 2. The number of rotatable bonds is 5. The molecule has 1 aromatic rings. The van der Waals surface area contributed by atoms with E-state index in [-0.39, 0.29) is 5.91 Å². The molecule has 0 aliphatic carbocycles. The molecule has 2 heterocycles. The summed E-state index contributed by atoms with van der Waals surface area (Å²) >= 11 is 0. The van der Waals surface area contributed by atoms with Crippen molar-refractivity contribution in [2.45, 2.75) is 6.42 Å². The van der Waals surface area contributed by atoms with Crippen LogP contribution < -0.4 is 10.6 Å². The number of hydrogen-bond donors (Lipinski definition) is 2. The van der Waals surface area contributed by atoms with E-state index in [9.17, 15) is 4.79 Å². The maximum Gasteiger partial charge on any atom is 0.254 e. The van der Waals surface area contributed by atoms with Gasteiger partial charge in [-0.25, -0.2) is 9.97 Å². The summed E-state index contributed by atoms with van der Waals surface area (Å²) in [7, 11) is 0. The highest BCUT2D eigenvalue weighted by Gasteiger charge is 2.09. The van der Waals surface area contributed by atoms with Crippen molar-refractivity contribution >= 4 is 5.91 Å². The Bertz CT molecular complexity index is 364. The highest BCUT2D eigenvalue weighted by molar-refractivity contribution is 5.93. The highest BCUT2D eigenvalue weighted by Crippen LogP contribution is 1.95. The lowest BCUT2D eigenvalue weighted by Gasteiger charge is -2.27. The zero-order valence-electron chi connectivity index (χ0n) is 10.4. The lowest BCUT2D eigenvalue weighted by molar-refractivity contribution is 0.0950. The fourth-order valence-electron chi connectivity index (χ4n) is 1.96. The fourth-order valence-corrected chi connectivity index (χ4v) is 1.96. The van der Waals surface area contributed by atoms with Gasteiger partial charge in [0.2, 0.25) is 0 Å². The molecule has 1 aliphatic heterocycles. The summed E-state index contributed by atoms with van der Waals surface area (Å²) in [5, 5.41) is 6.20. The minimum atomic E-state index is -0.101. The molecule has 0 spiro atoms. The van der Waals surface area contributed by atoms with E-state index < -0.39 is 0 Å². The first-order valence-corrected chi connectivity index (χ1v) is 6.32. The van der Waals surface area contributed by atoms with Crippen LogP contribution in [0, 0.1) is 0 Å². The average molecular weight is 249 g/mol. The second-order valence-electron chi connectivity index (χ2n) is 4.33. The maximum absolute atomic E-state index is 11.7. The summed E-state index contributed by atoms with van der Waals surface area (Å²) in [4.78, 5) is 21.7. The van der Waals surface area contributed by atoms with Gasteiger partial charge in [-0.3, -0.25) is 4.79 Å². The molecule has 1 aromatic heterocycles. The Kier molecular flexibility index (Phi) is 5.04. The zero-order valence-corrected chi connectivity index (χ0v) is 10.4. The number of hydrogen-bond acceptors (Lipinski definition) is 5. The van der Waals surface area contributed by atoms with Crippen LogP contribution in [0.5, 0.6) is 0 Å². The second kappa shape index (κ2) is 7.03. The lowest BCUT2D eigenvalue weighted by Crippen LogP contribution is -2.44. The van der Waals surface area contributed by atoms with Gasteiger partial charge >= 0.3 is 0 Å². The number of amides is 1. The average Bonchev–Trinajstić information content (AvgIpc) is 2.45. The van der Waals surface area contributed by atoms with Crippen LogP contribution in [0.15, 0.2) is 18.7 Å². The third kappa shape index (κ3) is 4.05. The van der Waals surface area contributed by atoms with Gasteiger partial charge in [0, 0.05) is 45.1 Å². The van der Waals surface area contributed by atoms with E-state index in [1.807, 2.05) is 0 Å². The topological polar surface area (TPSA) is 70.2 Å². The van der Waals surface area contributed by atoms with Gasteiger partial charge in [-0.05, 0) is 13.0 Å². The predicted molar refractivity (Wildman–Crippen MR) is 68.3 cm³/mol. The minimum absolute atomic E-state index is 0.101. The van der Waals surface area contributed by atoms with E-state index in [0.717, 1.165) is 39.1 Å². The largest absolute Gasteiger partial charge is 0.352 e. The number of piperazine rings is 1. The van der Waals surface area contributed by atoms with Crippen molar-refractivity contribution in [3.63, 3.8) is 0 Å². The van der Waals surface area contributed by atoms with Gasteiger partial charge in [0.1, 0.15) is 6.33 Å². The molecule has 0 atom stereocenters. The normalized spacial score (nSPS) is 16.4. The Labute approximate surface area is 107 Å². The molecule has 0 saturated carbocycles. The number of nitrogens with one attached hydrogen (secondary N) is 2. The molecule has 2 rings (SSSR count). The first-order chi connectivity index (χ1) is 8.86. The maximum atomic E-state index is 11.7. The molecular formula is C12H19N5O. The molecule has 6 nitrogen and oxygen atoms in total. The quantitative estimate of drug-likeness (QED) is 0.689. The third-order valence-corrected chi connectivity index (χ3v) is 2.97. The van der Waals surface area contributed by atoms with E-state index in [1.165, 1.54) is 18.7 Å². The van der Waals surface area contributed by atoms with Crippen molar-refractivity contribution in [3.05, 3.63) is 24.3 Å². The van der Waals surface area contributed by atoms with Gasteiger partial charge in [-0.1, -0.05) is 0 Å². The molecular weight excluding hydrogens is 230 g/mol. The Morgan fingerprint density at radius 1 is 1.33 bits per heavy atom. The van der Waals surface area contributed by atoms with E-state index in [2.05, 4.69) is 25.5 Å². The smallest absolute Gasteiger partial charge is 0.254 e. The molecule has 18 heavy (non-hydrogen) atoms. The van der Waals surface area contributed by atoms with Crippen LogP contribution in [0.3, 0.4) is 0 Å². The molecule has 0 unspecified atom stereocenters. The van der Waals surface area contributed by atoms with Crippen molar-refractivity contribution in [2.24, 2.45) is 0 Å². The monoisotopic (exact) mass is 249 g/mol. The van der Waals surface area contributed by atoms with Crippen LogP contribution in [0.2, 0.25) is 0 Å². The van der Waals surface area contributed by atoms with Crippen molar-refractivity contribution < 1.29 is 4.79 Å². The molecule has 6 heteroatoms. The minimum Gasteiger partial charge on any atom is -0.352 e. The van der Waals surface area contributed by atoms with Crippen LogP contribution in [0.1, 0.15) is 16.8 Å². The standard InChI is InChI=1S/C12H19N5O/c18-12(11-8-14-10-15-9-11)16-2-1-5-17-6-3-13-4-7-17/h8-10,13H,1-7H2,(H,16,18). The van der Waals surface area contributed by atoms with Crippen LogP contribution in [0.25, 0.3) is 0 Å². The Morgan fingerprint density at radius 2 is 2.06 bits per heavy atom. The van der Waals surface area contributed by atoms with Crippen molar-refractivity contribution in [1.29, 1.82) is 0 Å². The molecule has 2 N–H and O–H groups in total. The molecule has 1 aliphatic rings. The number of carbonyl (C=O) groups is 1. The van der Waals surface area contributed by atoms with Gasteiger partial charge in [0.15, 0.2) is 0 Å². The number of carbonyl (C=O) groups excluding carboxylic acids is 1. The van der Waals surface area contributed by atoms with Gasteiger partial charge < -0.3 is 15.5 Å². The summed E-state index contributed by atoms with van der Waals surface area (Å²) in [6.45, 7) is 6.05. The van der Waals surface area contributed by atoms with Gasteiger partial charge in [0.25, 0.3) is 5.91 Å². The molecule has 0 aromatic carbocycles. The van der Waals surface area contributed by atoms with Crippen molar-refractivity contribution in [1.82, 2.24) is 25.5 Å². The van der Waals surface area contributed by atoms with E-state index in [1.54, 1.807) is 0 Å². The van der Waals surface area contributed by atoms with Gasteiger partial charge in [0.05, 0.1) is 5.56 Å². The van der Waals surface area contributed by atoms with Crippen molar-refractivity contribution in [3.8, 4) is 0 Å². The number of nitrogens with zero attached hydrogens (tertiary/aromatic N) is 3. The van der Waals surface area contributed by atoms with E-state index in [0.29, 0.717) is 12.1 Å². The summed E-state index contributed by atoms with van der Waals surface area (Å²) < 4.78 is 0. The van der Waals surface area contributed by atoms with Crippen molar-refractivity contribution in [2.75, 3.05) is 39.3 Å². The third-order valence-electron chi connectivity index (χ3n) is 2.97. The van der Waals surface area contributed by atoms with Crippen LogP contribution in [-0.4, -0.2) is 60.0 Å². The molecule has 0 radical (unpaired) electrons. The summed E-state index contributed by atoms with van der Waals surface area (Å²) in [6, 6.07) is 0. The first kappa shape index (κ1) is 12.9. The Morgan fingerprint density at radius 3 is 2.78 bits per heavy atom. The lowest BCUT2D eigenvalue weighted by atomic mass is 10.3. The van der Waals surface area contributed by atoms with Crippen LogP contribution in [-0.2, 0) is 0 Å². The Hall–Kier alpha value is -1.53. The molecule has 98 valence electrons. The summed E-state index contributed by atoms with van der Waals surface area (Å²) in [5.74, 6) is -0.101. The summed E-state index contributed by atoms with van der Waals surface area (Å²) in [5.41, 5.74) is 0.514. The van der Waals surface area contributed by atoms with E-state index in [4.69, 9.17) is 0 Å². The molecule has 1 fully saturated rings. The second-order valence-corrected chi connectivity index (χ2v) is 4.33. The van der Waals surface area contributed by atoms with Crippen LogP contribution in [0.4, 0.5) is 0 Å². The molecule has 0 bridgehead atoms. The zero-order chi connectivity index (χ0) is 12.6. The molecule has 1 saturated heterocycles. The highest BCUT2D eigenvalue weighted by atomic mass is 16.1. The van der Waals surface area contributed by atoms with Gasteiger partial charge in [-0.2, -0.15) is 0 Å². The SMILES string of the molecule is O=C(NCCCN1CCNCC1)c1cncnc1.